The molecule has 4 nitrogen and oxygen atoms in total. The zero-order chi connectivity index (χ0) is 15.8. The third kappa shape index (κ3) is 3.50. The molecule has 0 fully saturated rings. The summed E-state index contributed by atoms with van der Waals surface area (Å²) in [7, 11) is -4.09. The monoisotopic (exact) mass is 401 g/mol. The van der Waals surface area contributed by atoms with Gasteiger partial charge in [-0.1, -0.05) is 0 Å². The van der Waals surface area contributed by atoms with E-state index in [1.807, 2.05) is 4.72 Å². The molecule has 10 heteroatoms. The Labute approximate surface area is 130 Å². The lowest BCUT2D eigenvalue weighted by atomic mass is 10.2. The van der Waals surface area contributed by atoms with Crippen molar-refractivity contribution in [3.05, 3.63) is 39.7 Å². The lowest BCUT2D eigenvalue weighted by molar-refractivity contribution is -0.137. The molecule has 0 aliphatic heterocycles. The molecule has 0 aliphatic rings. The van der Waals surface area contributed by atoms with E-state index in [1.165, 1.54) is 11.4 Å². The fourth-order valence-electron chi connectivity index (χ4n) is 1.46. The van der Waals surface area contributed by atoms with Crippen LogP contribution in [-0.4, -0.2) is 13.5 Å². The van der Waals surface area contributed by atoms with Crippen LogP contribution in [0.15, 0.2) is 38.3 Å². The molecule has 2 N–H and O–H groups in total. The number of sulfonamides is 1. The number of phenols is 1. The van der Waals surface area contributed by atoms with Crippen LogP contribution in [0.2, 0.25) is 0 Å². The highest BCUT2D eigenvalue weighted by molar-refractivity contribution is 9.10. The number of halogens is 4. The standard InChI is InChI=1S/C11H7BrF3NO3S2/c12-7-3-4-20-10(7)21(18,19)16-8-5-6(11(13,14)15)1-2-9(8)17/h1-5,16-17H. The van der Waals surface area contributed by atoms with Gasteiger partial charge in [-0.15, -0.1) is 11.3 Å². The van der Waals surface area contributed by atoms with Gasteiger partial charge in [0.25, 0.3) is 10.0 Å². The average Bonchev–Trinajstić information content (AvgIpc) is 2.77. The van der Waals surface area contributed by atoms with Crippen LogP contribution in [0.1, 0.15) is 5.56 Å². The minimum absolute atomic E-state index is 0.0979. The van der Waals surface area contributed by atoms with E-state index in [4.69, 9.17) is 0 Å². The lowest BCUT2D eigenvalue weighted by Gasteiger charge is -2.12. The maximum Gasteiger partial charge on any atom is 0.416 e. The first-order valence-corrected chi connectivity index (χ1v) is 8.43. The Morgan fingerprint density at radius 3 is 2.43 bits per heavy atom. The number of thiophene rings is 1. The van der Waals surface area contributed by atoms with Crippen molar-refractivity contribution in [1.29, 1.82) is 0 Å². The Bertz CT molecular complexity index is 771. The first-order chi connectivity index (χ1) is 9.61. The first-order valence-electron chi connectivity index (χ1n) is 5.27. The van der Waals surface area contributed by atoms with E-state index >= 15 is 0 Å². The molecule has 0 radical (unpaired) electrons. The Balaban J connectivity index is 2.42. The number of aromatic hydroxyl groups is 1. The van der Waals surface area contributed by atoms with Gasteiger partial charge in [0.05, 0.1) is 11.3 Å². The van der Waals surface area contributed by atoms with E-state index < -0.39 is 33.2 Å². The number of hydrogen-bond acceptors (Lipinski definition) is 4. The van der Waals surface area contributed by atoms with Crippen molar-refractivity contribution in [3.63, 3.8) is 0 Å². The first kappa shape index (κ1) is 16.1. The number of anilines is 1. The van der Waals surface area contributed by atoms with Crippen molar-refractivity contribution in [3.8, 4) is 5.75 Å². The zero-order valence-electron chi connectivity index (χ0n) is 9.98. The summed E-state index contributed by atoms with van der Waals surface area (Å²) in [5, 5.41) is 11.0. The van der Waals surface area contributed by atoms with Crippen LogP contribution < -0.4 is 4.72 Å². The average molecular weight is 402 g/mol. The van der Waals surface area contributed by atoms with Gasteiger partial charge in [0.1, 0.15) is 5.75 Å². The molecule has 0 unspecified atom stereocenters. The minimum Gasteiger partial charge on any atom is -0.506 e. The van der Waals surface area contributed by atoms with E-state index in [0.717, 1.165) is 17.4 Å². The molecule has 0 bridgehead atoms. The smallest absolute Gasteiger partial charge is 0.416 e. The number of rotatable bonds is 3. The summed E-state index contributed by atoms with van der Waals surface area (Å²) in [6.07, 6.45) is -4.64. The van der Waals surface area contributed by atoms with Crippen molar-refractivity contribution in [2.45, 2.75) is 10.4 Å². The van der Waals surface area contributed by atoms with E-state index in [0.29, 0.717) is 12.1 Å². The van der Waals surface area contributed by atoms with Crippen molar-refractivity contribution in [2.75, 3.05) is 4.72 Å². The van der Waals surface area contributed by atoms with Crippen LogP contribution in [-0.2, 0) is 16.2 Å². The third-order valence-corrected chi connectivity index (χ3v) is 6.43. The number of hydrogen-bond donors (Lipinski definition) is 2. The summed E-state index contributed by atoms with van der Waals surface area (Å²) in [5.41, 5.74) is -1.60. The summed E-state index contributed by atoms with van der Waals surface area (Å²) in [6.45, 7) is 0. The van der Waals surface area contributed by atoms with Crippen molar-refractivity contribution in [2.24, 2.45) is 0 Å². The third-order valence-electron chi connectivity index (χ3n) is 2.40. The summed E-state index contributed by atoms with van der Waals surface area (Å²) >= 11 is 3.92. The quantitative estimate of drug-likeness (QED) is 0.762. The number of nitrogens with one attached hydrogen (secondary N) is 1. The summed E-state index contributed by atoms with van der Waals surface area (Å²) in [5.74, 6) is -0.598. The van der Waals surface area contributed by atoms with Crippen LogP contribution in [0.5, 0.6) is 5.75 Å². The highest BCUT2D eigenvalue weighted by Crippen LogP contribution is 2.36. The largest absolute Gasteiger partial charge is 0.506 e. The van der Waals surface area contributed by atoms with Gasteiger partial charge in [-0.2, -0.15) is 13.2 Å². The van der Waals surface area contributed by atoms with Crippen molar-refractivity contribution in [1.82, 2.24) is 0 Å². The number of benzene rings is 1. The Morgan fingerprint density at radius 1 is 1.24 bits per heavy atom. The molecule has 1 aromatic heterocycles. The normalized spacial score (nSPS) is 12.4. The fourth-order valence-corrected chi connectivity index (χ4v) is 4.86. The molecule has 0 spiro atoms. The van der Waals surface area contributed by atoms with Crippen LogP contribution >= 0.6 is 27.3 Å². The SMILES string of the molecule is O=S(=O)(Nc1cc(C(F)(F)F)ccc1O)c1sccc1Br. The maximum atomic E-state index is 12.6. The number of phenolic OH excluding ortho intramolecular Hbond substituents is 1. The van der Waals surface area contributed by atoms with Gasteiger partial charge >= 0.3 is 6.18 Å². The fraction of sp³-hybridized carbons (Fsp3) is 0.0909. The predicted molar refractivity (Wildman–Crippen MR) is 75.9 cm³/mol. The Kier molecular flexibility index (Phi) is 4.22. The van der Waals surface area contributed by atoms with Crippen LogP contribution in [0, 0.1) is 0 Å². The molecule has 0 aliphatic carbocycles. The van der Waals surface area contributed by atoms with Gasteiger partial charge in [-0.05, 0) is 45.6 Å². The zero-order valence-corrected chi connectivity index (χ0v) is 13.2. The molecule has 1 aromatic carbocycles. The van der Waals surface area contributed by atoms with Crippen molar-refractivity contribution >= 4 is 43.0 Å². The van der Waals surface area contributed by atoms with E-state index in [9.17, 15) is 26.7 Å². The van der Waals surface area contributed by atoms with E-state index in [1.54, 1.807) is 0 Å². The summed E-state index contributed by atoms with van der Waals surface area (Å²) in [4.78, 5) is 0. The summed E-state index contributed by atoms with van der Waals surface area (Å²) in [6, 6.07) is 3.47. The molecule has 21 heavy (non-hydrogen) atoms. The highest BCUT2D eigenvalue weighted by Gasteiger charge is 2.31. The molecule has 2 aromatic rings. The van der Waals surface area contributed by atoms with Crippen LogP contribution in [0.4, 0.5) is 18.9 Å². The van der Waals surface area contributed by atoms with Gasteiger partial charge in [0, 0.05) is 4.47 Å². The highest BCUT2D eigenvalue weighted by atomic mass is 79.9. The molecule has 0 atom stereocenters. The van der Waals surface area contributed by atoms with Crippen molar-refractivity contribution < 1.29 is 26.7 Å². The predicted octanol–water partition coefficient (Wildman–Crippen LogP) is 4.04. The minimum atomic E-state index is -4.64. The molecular formula is C11H7BrF3NO3S2. The summed E-state index contributed by atoms with van der Waals surface area (Å²) < 4.78 is 64.1. The van der Waals surface area contributed by atoms with Crippen LogP contribution in [0.3, 0.4) is 0 Å². The molecule has 0 saturated heterocycles. The molecule has 0 saturated carbocycles. The molecule has 114 valence electrons. The second kappa shape index (κ2) is 5.50. The lowest BCUT2D eigenvalue weighted by Crippen LogP contribution is -2.13. The Hall–Kier alpha value is -1.26. The molecule has 1 heterocycles. The molecule has 0 amide bonds. The van der Waals surface area contributed by atoms with E-state index in [2.05, 4.69) is 15.9 Å². The number of alkyl halides is 3. The van der Waals surface area contributed by atoms with E-state index in [-0.39, 0.29) is 8.68 Å². The maximum absolute atomic E-state index is 12.6. The van der Waals surface area contributed by atoms with Crippen LogP contribution in [0.25, 0.3) is 0 Å². The second-order valence-corrected chi connectivity index (χ2v) is 7.54. The Morgan fingerprint density at radius 2 is 1.90 bits per heavy atom. The van der Waals surface area contributed by atoms with Gasteiger partial charge in [0.15, 0.2) is 4.21 Å². The van der Waals surface area contributed by atoms with Gasteiger partial charge in [0.2, 0.25) is 0 Å². The van der Waals surface area contributed by atoms with Gasteiger partial charge in [-0.3, -0.25) is 4.72 Å². The molecule has 2 rings (SSSR count). The topological polar surface area (TPSA) is 66.4 Å². The molecular weight excluding hydrogens is 395 g/mol. The second-order valence-electron chi connectivity index (χ2n) is 3.89. The van der Waals surface area contributed by atoms with Gasteiger partial charge < -0.3 is 5.11 Å². The van der Waals surface area contributed by atoms with Gasteiger partial charge in [-0.25, -0.2) is 8.42 Å².